The van der Waals surface area contributed by atoms with Gasteiger partial charge in [0.15, 0.2) is 0 Å². The first kappa shape index (κ1) is 18.6. The van der Waals surface area contributed by atoms with Crippen LogP contribution in [0.5, 0.6) is 11.5 Å². The molecule has 0 saturated heterocycles. The lowest BCUT2D eigenvalue weighted by Gasteiger charge is -2.47. The molecule has 1 saturated carbocycles. The summed E-state index contributed by atoms with van der Waals surface area (Å²) in [4.78, 5) is 14.8. The van der Waals surface area contributed by atoms with Crippen molar-refractivity contribution in [1.29, 1.82) is 0 Å². The van der Waals surface area contributed by atoms with Gasteiger partial charge in [-0.15, -0.1) is 0 Å². The molecule has 0 unspecified atom stereocenters. The summed E-state index contributed by atoms with van der Waals surface area (Å²) in [5.41, 5.74) is 0.435. The quantitative estimate of drug-likeness (QED) is 0.731. The van der Waals surface area contributed by atoms with Gasteiger partial charge in [0.05, 0.1) is 20.8 Å². The molecule has 0 N–H and O–H groups in total. The first-order valence-electron chi connectivity index (χ1n) is 9.19. The Balaban J connectivity index is 1.83. The van der Waals surface area contributed by atoms with Crippen LogP contribution < -0.4 is 9.47 Å². The van der Waals surface area contributed by atoms with E-state index in [0.717, 1.165) is 29.9 Å². The Kier molecular flexibility index (Phi) is 5.17. The number of hydrogen-bond acceptors (Lipinski definition) is 4. The standard InChI is InChI=1S/C21H29NO4/c1-21(2,3)26-20(23)22(18-11-14-7-6-8-17(14)18)13-15-9-10-16(24-4)12-19(15)25-5/h6-7,9-10,12,14,17-18H,8,11,13H2,1-5H3/t14-,17-,18+/m0/s1. The summed E-state index contributed by atoms with van der Waals surface area (Å²) in [6.07, 6.45) is 6.29. The molecule has 0 aromatic heterocycles. The van der Waals surface area contributed by atoms with Crippen molar-refractivity contribution in [2.45, 2.75) is 51.8 Å². The molecule has 5 heteroatoms. The van der Waals surface area contributed by atoms with Crippen LogP contribution in [0.2, 0.25) is 0 Å². The minimum Gasteiger partial charge on any atom is -0.497 e. The third-order valence-corrected chi connectivity index (χ3v) is 5.21. The molecular formula is C21H29NO4. The molecule has 0 bridgehead atoms. The van der Waals surface area contributed by atoms with Crippen LogP contribution >= 0.6 is 0 Å². The van der Waals surface area contributed by atoms with E-state index in [1.165, 1.54) is 0 Å². The number of hydrogen-bond donors (Lipinski definition) is 0. The van der Waals surface area contributed by atoms with Crippen LogP contribution in [0.25, 0.3) is 0 Å². The molecule has 0 spiro atoms. The van der Waals surface area contributed by atoms with E-state index in [4.69, 9.17) is 14.2 Å². The molecule has 2 aliphatic carbocycles. The van der Waals surface area contributed by atoms with Gasteiger partial charge in [-0.25, -0.2) is 4.79 Å². The van der Waals surface area contributed by atoms with Crippen LogP contribution in [0.4, 0.5) is 4.79 Å². The summed E-state index contributed by atoms with van der Waals surface area (Å²) in [5.74, 6) is 2.56. The number of ether oxygens (including phenoxy) is 3. The van der Waals surface area contributed by atoms with Crippen molar-refractivity contribution >= 4 is 6.09 Å². The Labute approximate surface area is 155 Å². The normalized spacial score (nSPS) is 23.8. The van der Waals surface area contributed by atoms with Gasteiger partial charge in [-0.3, -0.25) is 0 Å². The Morgan fingerprint density at radius 1 is 1.23 bits per heavy atom. The number of carbonyl (C=O) groups excluding carboxylic acids is 1. The average Bonchev–Trinajstić information content (AvgIpc) is 2.93. The second kappa shape index (κ2) is 7.22. The number of allylic oxidation sites excluding steroid dienone is 2. The Morgan fingerprint density at radius 3 is 2.62 bits per heavy atom. The van der Waals surface area contributed by atoms with E-state index < -0.39 is 5.60 Å². The Morgan fingerprint density at radius 2 is 2.00 bits per heavy atom. The summed E-state index contributed by atoms with van der Waals surface area (Å²) < 4.78 is 16.5. The number of nitrogens with zero attached hydrogens (tertiary/aromatic N) is 1. The maximum atomic E-state index is 12.9. The molecule has 3 rings (SSSR count). The van der Waals surface area contributed by atoms with Gasteiger partial charge in [-0.2, -0.15) is 0 Å². The van der Waals surface area contributed by atoms with E-state index in [1.54, 1.807) is 14.2 Å². The lowest BCUT2D eigenvalue weighted by molar-refractivity contribution is -0.0188. The molecular weight excluding hydrogens is 330 g/mol. The van der Waals surface area contributed by atoms with Crippen LogP contribution in [-0.2, 0) is 11.3 Å². The fourth-order valence-electron chi connectivity index (χ4n) is 3.84. The fourth-order valence-corrected chi connectivity index (χ4v) is 3.84. The summed E-state index contributed by atoms with van der Waals surface area (Å²) in [6, 6.07) is 5.91. The molecule has 5 nitrogen and oxygen atoms in total. The number of amides is 1. The predicted molar refractivity (Wildman–Crippen MR) is 100 cm³/mol. The highest BCUT2D eigenvalue weighted by molar-refractivity contribution is 5.69. The molecule has 1 amide bonds. The first-order chi connectivity index (χ1) is 12.3. The number of carbonyl (C=O) groups is 1. The molecule has 26 heavy (non-hydrogen) atoms. The highest BCUT2D eigenvalue weighted by Crippen LogP contribution is 2.46. The maximum Gasteiger partial charge on any atom is 0.410 e. The summed E-state index contributed by atoms with van der Waals surface area (Å²) >= 11 is 0. The number of methoxy groups -OCH3 is 2. The molecule has 1 aromatic rings. The molecule has 142 valence electrons. The van der Waals surface area contributed by atoms with Gasteiger partial charge in [0.1, 0.15) is 17.1 Å². The fraction of sp³-hybridized carbons (Fsp3) is 0.571. The third-order valence-electron chi connectivity index (χ3n) is 5.21. The van der Waals surface area contributed by atoms with Crippen LogP contribution in [0.3, 0.4) is 0 Å². The van der Waals surface area contributed by atoms with Crippen LogP contribution in [-0.4, -0.2) is 36.9 Å². The molecule has 1 aromatic carbocycles. The van der Waals surface area contributed by atoms with E-state index >= 15 is 0 Å². The number of benzene rings is 1. The van der Waals surface area contributed by atoms with E-state index in [2.05, 4.69) is 12.2 Å². The predicted octanol–water partition coefficient (Wildman–Crippen LogP) is 4.41. The van der Waals surface area contributed by atoms with Crippen LogP contribution in [0.1, 0.15) is 39.2 Å². The van der Waals surface area contributed by atoms with Crippen molar-refractivity contribution < 1.29 is 19.0 Å². The maximum absolute atomic E-state index is 12.9. The van der Waals surface area contributed by atoms with Crippen molar-refractivity contribution in [1.82, 2.24) is 4.90 Å². The van der Waals surface area contributed by atoms with E-state index in [9.17, 15) is 4.79 Å². The number of fused-ring (bicyclic) bond motifs is 1. The van der Waals surface area contributed by atoms with E-state index in [1.807, 2.05) is 43.9 Å². The summed E-state index contributed by atoms with van der Waals surface area (Å²) in [5, 5.41) is 0. The highest BCUT2D eigenvalue weighted by atomic mass is 16.6. The van der Waals surface area contributed by atoms with E-state index in [0.29, 0.717) is 18.4 Å². The largest absolute Gasteiger partial charge is 0.497 e. The van der Waals surface area contributed by atoms with Gasteiger partial charge in [-0.05, 0) is 57.6 Å². The van der Waals surface area contributed by atoms with Gasteiger partial charge < -0.3 is 19.1 Å². The van der Waals surface area contributed by atoms with Gasteiger partial charge in [0, 0.05) is 17.7 Å². The SMILES string of the molecule is COc1ccc(CN(C(=O)OC(C)(C)C)[C@@H]2C[C@@H]3C=CC[C@H]23)c(OC)c1. The minimum absolute atomic E-state index is 0.205. The summed E-state index contributed by atoms with van der Waals surface area (Å²) in [6.45, 7) is 6.17. The van der Waals surface area contributed by atoms with Gasteiger partial charge in [-0.1, -0.05) is 12.2 Å². The molecule has 0 radical (unpaired) electrons. The van der Waals surface area contributed by atoms with Crippen molar-refractivity contribution in [2.75, 3.05) is 14.2 Å². The zero-order valence-corrected chi connectivity index (χ0v) is 16.3. The molecule has 1 fully saturated rings. The van der Waals surface area contributed by atoms with Gasteiger partial charge in [0.25, 0.3) is 0 Å². The van der Waals surface area contributed by atoms with Crippen LogP contribution in [0, 0.1) is 11.8 Å². The van der Waals surface area contributed by atoms with Gasteiger partial charge >= 0.3 is 6.09 Å². The first-order valence-corrected chi connectivity index (χ1v) is 9.19. The average molecular weight is 359 g/mol. The smallest absolute Gasteiger partial charge is 0.410 e. The molecule has 2 aliphatic rings. The van der Waals surface area contributed by atoms with E-state index in [-0.39, 0.29) is 12.1 Å². The monoisotopic (exact) mass is 359 g/mol. The van der Waals surface area contributed by atoms with Crippen molar-refractivity contribution in [2.24, 2.45) is 11.8 Å². The zero-order valence-electron chi connectivity index (χ0n) is 16.3. The molecule has 3 atom stereocenters. The van der Waals surface area contributed by atoms with Crippen LogP contribution in [0.15, 0.2) is 30.4 Å². The zero-order chi connectivity index (χ0) is 18.9. The lowest BCUT2D eigenvalue weighted by Crippen LogP contribution is -2.53. The Bertz CT molecular complexity index is 692. The Hall–Kier alpha value is -2.17. The second-order valence-electron chi connectivity index (χ2n) is 8.08. The molecule has 0 aliphatic heterocycles. The lowest BCUT2D eigenvalue weighted by atomic mass is 9.70. The third kappa shape index (κ3) is 3.81. The molecule has 0 heterocycles. The second-order valence-corrected chi connectivity index (χ2v) is 8.08. The van der Waals surface area contributed by atoms with Gasteiger partial charge in [0.2, 0.25) is 0 Å². The summed E-state index contributed by atoms with van der Waals surface area (Å²) in [7, 11) is 3.26. The highest BCUT2D eigenvalue weighted by Gasteiger charge is 2.46. The van der Waals surface area contributed by atoms with Crippen molar-refractivity contribution in [3.05, 3.63) is 35.9 Å². The topological polar surface area (TPSA) is 48.0 Å². The minimum atomic E-state index is -0.517. The number of rotatable bonds is 5. The van der Waals surface area contributed by atoms with Crippen molar-refractivity contribution in [3.63, 3.8) is 0 Å². The van der Waals surface area contributed by atoms with Crippen molar-refractivity contribution in [3.8, 4) is 11.5 Å².